The van der Waals surface area contributed by atoms with Gasteiger partial charge in [-0.3, -0.25) is 4.98 Å². The summed E-state index contributed by atoms with van der Waals surface area (Å²) < 4.78 is 0. The van der Waals surface area contributed by atoms with E-state index in [4.69, 9.17) is 0 Å². The summed E-state index contributed by atoms with van der Waals surface area (Å²) in [5.41, 5.74) is 3.80. The largest absolute Gasteiger partial charge is 0.309 e. The highest BCUT2D eigenvalue weighted by Crippen LogP contribution is 2.25. The number of benzene rings is 1. The van der Waals surface area contributed by atoms with Crippen LogP contribution in [-0.4, -0.2) is 17.3 Å². The molecule has 1 aromatic heterocycles. The molecule has 0 aliphatic heterocycles. The van der Waals surface area contributed by atoms with E-state index in [1.165, 1.54) is 21.6 Å². The van der Waals surface area contributed by atoms with Crippen LogP contribution in [0.25, 0.3) is 0 Å². The Bertz CT molecular complexity index is 554. The van der Waals surface area contributed by atoms with Gasteiger partial charge >= 0.3 is 0 Å². The van der Waals surface area contributed by atoms with E-state index < -0.39 is 0 Å². The first-order chi connectivity index (χ1) is 9.69. The van der Waals surface area contributed by atoms with Crippen LogP contribution < -0.4 is 5.32 Å². The van der Waals surface area contributed by atoms with Gasteiger partial charge in [-0.25, -0.2) is 0 Å². The molecule has 20 heavy (non-hydrogen) atoms. The van der Waals surface area contributed by atoms with Crippen molar-refractivity contribution < 1.29 is 0 Å². The summed E-state index contributed by atoms with van der Waals surface area (Å²) in [5.74, 6) is 1.02. The van der Waals surface area contributed by atoms with E-state index in [0.29, 0.717) is 6.04 Å². The normalized spacial score (nSPS) is 12.3. The smallest absolute Gasteiger partial charge is 0.0430 e. The minimum Gasteiger partial charge on any atom is -0.309 e. The molecule has 1 aromatic carbocycles. The van der Waals surface area contributed by atoms with Gasteiger partial charge in [-0.2, -0.15) is 0 Å². The number of hydrogen-bond acceptors (Lipinski definition) is 3. The molecule has 2 nitrogen and oxygen atoms in total. The molecule has 0 aliphatic carbocycles. The third-order valence-corrected chi connectivity index (χ3v) is 4.24. The zero-order valence-electron chi connectivity index (χ0n) is 12.4. The van der Waals surface area contributed by atoms with Gasteiger partial charge in [0.2, 0.25) is 0 Å². The van der Waals surface area contributed by atoms with Crippen LogP contribution in [0, 0.1) is 13.8 Å². The molecule has 0 amide bonds. The van der Waals surface area contributed by atoms with Gasteiger partial charge in [-0.1, -0.05) is 30.7 Å². The molecule has 0 aliphatic rings. The molecule has 1 unspecified atom stereocenters. The van der Waals surface area contributed by atoms with E-state index in [9.17, 15) is 0 Å². The first-order valence-electron chi connectivity index (χ1n) is 7.03. The van der Waals surface area contributed by atoms with Gasteiger partial charge < -0.3 is 5.32 Å². The van der Waals surface area contributed by atoms with E-state index in [-0.39, 0.29) is 0 Å². The van der Waals surface area contributed by atoms with E-state index in [0.717, 1.165) is 12.3 Å². The van der Waals surface area contributed by atoms with Crippen LogP contribution in [0.4, 0.5) is 0 Å². The number of rotatable bonds is 6. The summed E-state index contributed by atoms with van der Waals surface area (Å²) in [5, 5.41) is 3.55. The van der Waals surface area contributed by atoms with Crippen LogP contribution in [0.15, 0.2) is 47.6 Å². The summed E-state index contributed by atoms with van der Waals surface area (Å²) in [6.45, 7) is 7.34. The first-order valence-corrected chi connectivity index (χ1v) is 8.02. The maximum absolute atomic E-state index is 4.31. The van der Waals surface area contributed by atoms with Crippen molar-refractivity contribution in [2.45, 2.75) is 31.7 Å². The highest BCUT2D eigenvalue weighted by Gasteiger charge is 2.11. The summed E-state index contributed by atoms with van der Waals surface area (Å²) in [6.07, 6.45) is 3.87. The van der Waals surface area contributed by atoms with Crippen LogP contribution in [0.5, 0.6) is 0 Å². The monoisotopic (exact) mass is 286 g/mol. The van der Waals surface area contributed by atoms with E-state index >= 15 is 0 Å². The number of aryl methyl sites for hydroxylation is 2. The van der Waals surface area contributed by atoms with Gasteiger partial charge in [-0.05, 0) is 43.7 Å². The van der Waals surface area contributed by atoms with Gasteiger partial charge in [-0.15, -0.1) is 11.8 Å². The molecule has 3 heteroatoms. The highest BCUT2D eigenvalue weighted by molar-refractivity contribution is 7.99. The van der Waals surface area contributed by atoms with Crippen molar-refractivity contribution in [3.63, 3.8) is 0 Å². The molecule has 0 saturated carbocycles. The lowest BCUT2D eigenvalue weighted by Crippen LogP contribution is -2.23. The number of hydrogen-bond donors (Lipinski definition) is 1. The molecular weight excluding hydrogens is 264 g/mol. The molecule has 106 valence electrons. The molecule has 0 radical (unpaired) electrons. The predicted molar refractivity (Wildman–Crippen MR) is 87.3 cm³/mol. The molecule has 0 bridgehead atoms. The van der Waals surface area contributed by atoms with E-state index in [2.05, 4.69) is 61.4 Å². The molecule has 1 N–H and O–H groups in total. The van der Waals surface area contributed by atoms with Crippen molar-refractivity contribution in [2.75, 3.05) is 12.3 Å². The zero-order chi connectivity index (χ0) is 14.4. The van der Waals surface area contributed by atoms with Crippen LogP contribution in [0.3, 0.4) is 0 Å². The Morgan fingerprint density at radius 3 is 2.70 bits per heavy atom. The van der Waals surface area contributed by atoms with Gasteiger partial charge in [0.15, 0.2) is 0 Å². The van der Waals surface area contributed by atoms with Crippen molar-refractivity contribution in [3.05, 3.63) is 59.4 Å². The Morgan fingerprint density at radius 1 is 1.15 bits per heavy atom. The van der Waals surface area contributed by atoms with Crippen molar-refractivity contribution in [1.29, 1.82) is 0 Å². The maximum Gasteiger partial charge on any atom is 0.0430 e. The van der Waals surface area contributed by atoms with E-state index in [1.807, 2.05) is 24.2 Å². The Balaban J connectivity index is 2.06. The second kappa shape index (κ2) is 7.46. The molecule has 1 heterocycles. The Morgan fingerprint density at radius 2 is 2.00 bits per heavy atom. The van der Waals surface area contributed by atoms with Crippen LogP contribution in [0.1, 0.15) is 29.7 Å². The van der Waals surface area contributed by atoms with Gasteiger partial charge in [0.1, 0.15) is 0 Å². The first kappa shape index (κ1) is 15.1. The average molecular weight is 286 g/mol. The SMILES string of the molecule is CCNC(CSc1cccc(C)c1)c1cncc(C)c1. The van der Waals surface area contributed by atoms with Gasteiger partial charge in [0.25, 0.3) is 0 Å². The molecule has 0 fully saturated rings. The van der Waals surface area contributed by atoms with Crippen molar-refractivity contribution >= 4 is 11.8 Å². The summed E-state index contributed by atoms with van der Waals surface area (Å²) in [4.78, 5) is 5.63. The fraction of sp³-hybridized carbons (Fsp3) is 0.353. The number of aromatic nitrogens is 1. The van der Waals surface area contributed by atoms with Crippen molar-refractivity contribution in [2.24, 2.45) is 0 Å². The molecule has 0 saturated heterocycles. The third kappa shape index (κ3) is 4.36. The van der Waals surface area contributed by atoms with Crippen LogP contribution in [-0.2, 0) is 0 Å². The van der Waals surface area contributed by atoms with Crippen LogP contribution >= 0.6 is 11.8 Å². The van der Waals surface area contributed by atoms with Crippen LogP contribution in [0.2, 0.25) is 0 Å². The lowest BCUT2D eigenvalue weighted by molar-refractivity contribution is 0.603. The lowest BCUT2D eigenvalue weighted by Gasteiger charge is -2.18. The summed E-state index contributed by atoms with van der Waals surface area (Å²) in [7, 11) is 0. The van der Waals surface area contributed by atoms with Crippen molar-refractivity contribution in [3.8, 4) is 0 Å². The summed E-state index contributed by atoms with van der Waals surface area (Å²) in [6, 6.07) is 11.2. The summed E-state index contributed by atoms with van der Waals surface area (Å²) >= 11 is 1.89. The third-order valence-electron chi connectivity index (χ3n) is 3.16. The minimum absolute atomic E-state index is 0.345. The lowest BCUT2D eigenvalue weighted by atomic mass is 10.1. The minimum atomic E-state index is 0.345. The predicted octanol–water partition coefficient (Wildman–Crippen LogP) is 4.14. The number of thioether (sulfide) groups is 1. The second-order valence-electron chi connectivity index (χ2n) is 5.03. The number of nitrogens with zero attached hydrogens (tertiary/aromatic N) is 1. The van der Waals surface area contributed by atoms with Gasteiger partial charge in [0.05, 0.1) is 0 Å². The molecule has 2 rings (SSSR count). The maximum atomic E-state index is 4.31. The quantitative estimate of drug-likeness (QED) is 0.808. The van der Waals surface area contributed by atoms with Gasteiger partial charge in [0, 0.05) is 29.1 Å². The Kier molecular flexibility index (Phi) is 5.62. The number of nitrogens with one attached hydrogen (secondary N) is 1. The Labute approximate surface area is 126 Å². The molecular formula is C17H22N2S. The van der Waals surface area contributed by atoms with Crippen molar-refractivity contribution in [1.82, 2.24) is 10.3 Å². The average Bonchev–Trinajstić information content (AvgIpc) is 2.43. The topological polar surface area (TPSA) is 24.9 Å². The fourth-order valence-electron chi connectivity index (χ4n) is 2.17. The zero-order valence-corrected chi connectivity index (χ0v) is 13.2. The highest BCUT2D eigenvalue weighted by atomic mass is 32.2. The second-order valence-corrected chi connectivity index (χ2v) is 6.13. The fourth-order valence-corrected chi connectivity index (χ4v) is 3.29. The van der Waals surface area contributed by atoms with E-state index in [1.54, 1.807) is 0 Å². The molecule has 1 atom stereocenters. The Hall–Kier alpha value is -1.32. The number of pyridine rings is 1. The molecule has 0 spiro atoms. The molecule has 2 aromatic rings. The standard InChI is InChI=1S/C17H22N2S/c1-4-19-17(15-8-14(3)10-18-11-15)12-20-16-7-5-6-13(2)9-16/h5-11,17,19H,4,12H2,1-3H3.